The van der Waals surface area contributed by atoms with E-state index in [-0.39, 0.29) is 5.97 Å². The molecule has 1 aromatic heterocycles. The molecule has 4 nitrogen and oxygen atoms in total. The van der Waals surface area contributed by atoms with Crippen molar-refractivity contribution in [3.63, 3.8) is 0 Å². The van der Waals surface area contributed by atoms with Crippen molar-refractivity contribution in [2.24, 2.45) is 0 Å². The number of benzene rings is 2. The van der Waals surface area contributed by atoms with Crippen LogP contribution in [0.15, 0.2) is 60.7 Å². The van der Waals surface area contributed by atoms with Gasteiger partial charge >= 0.3 is 5.97 Å². The van der Waals surface area contributed by atoms with Crippen LogP contribution in [0.1, 0.15) is 26.4 Å². The van der Waals surface area contributed by atoms with Gasteiger partial charge in [-0.3, -0.25) is 0 Å². The van der Waals surface area contributed by atoms with Crippen LogP contribution in [0.25, 0.3) is 0 Å². The molecule has 0 amide bonds. The highest BCUT2D eigenvalue weighted by molar-refractivity contribution is 7.08. The van der Waals surface area contributed by atoms with Gasteiger partial charge in [0, 0.05) is 18.7 Å². The molecular formula is C20H20N2O2S. The van der Waals surface area contributed by atoms with E-state index < -0.39 is 0 Å². The highest BCUT2D eigenvalue weighted by atomic mass is 32.1. The first-order valence-corrected chi connectivity index (χ1v) is 8.83. The summed E-state index contributed by atoms with van der Waals surface area (Å²) in [5.41, 5.74) is 3.26. The molecule has 0 aliphatic rings. The fourth-order valence-electron chi connectivity index (χ4n) is 2.72. The van der Waals surface area contributed by atoms with Gasteiger partial charge in [0.1, 0.15) is 10.7 Å². The second kappa shape index (κ2) is 7.94. The average molecular weight is 352 g/mol. The molecule has 0 aliphatic carbocycles. The van der Waals surface area contributed by atoms with Crippen LogP contribution in [0.2, 0.25) is 0 Å². The number of anilines is 1. The number of nitrogens with zero attached hydrogens (tertiary/aromatic N) is 2. The molecule has 0 radical (unpaired) electrons. The SMILES string of the molecule is COC(=O)c1snc(N(Cc2ccccc2)Cc2ccccc2)c1C. The van der Waals surface area contributed by atoms with Gasteiger partial charge in [0.15, 0.2) is 0 Å². The van der Waals surface area contributed by atoms with Crippen LogP contribution in [-0.4, -0.2) is 17.5 Å². The number of methoxy groups -OCH3 is 1. The fourth-order valence-corrected chi connectivity index (χ4v) is 3.53. The van der Waals surface area contributed by atoms with E-state index in [1.807, 2.05) is 43.3 Å². The van der Waals surface area contributed by atoms with Gasteiger partial charge in [-0.25, -0.2) is 4.79 Å². The van der Waals surface area contributed by atoms with Gasteiger partial charge in [-0.2, -0.15) is 4.37 Å². The number of carbonyl (C=O) groups excluding carboxylic acids is 1. The first-order chi connectivity index (χ1) is 12.2. The lowest BCUT2D eigenvalue weighted by molar-refractivity contribution is 0.0605. The van der Waals surface area contributed by atoms with E-state index in [2.05, 4.69) is 33.5 Å². The van der Waals surface area contributed by atoms with Crippen LogP contribution < -0.4 is 4.90 Å². The molecule has 128 valence electrons. The van der Waals surface area contributed by atoms with Crippen molar-refractivity contribution in [3.05, 3.63) is 82.2 Å². The van der Waals surface area contributed by atoms with Gasteiger partial charge < -0.3 is 9.64 Å². The predicted octanol–water partition coefficient (Wildman–Crippen LogP) is 4.44. The van der Waals surface area contributed by atoms with Crippen molar-refractivity contribution < 1.29 is 9.53 Å². The Hall–Kier alpha value is -2.66. The summed E-state index contributed by atoms with van der Waals surface area (Å²) in [4.78, 5) is 14.7. The van der Waals surface area contributed by atoms with Gasteiger partial charge in [0.05, 0.1) is 7.11 Å². The quantitative estimate of drug-likeness (QED) is 0.615. The van der Waals surface area contributed by atoms with E-state index >= 15 is 0 Å². The minimum atomic E-state index is -0.333. The molecular weight excluding hydrogens is 332 g/mol. The standard InChI is InChI=1S/C20H20N2O2S/c1-15-18(20(23)24-2)25-21-19(15)22(13-16-9-5-3-6-10-16)14-17-11-7-4-8-12-17/h3-12H,13-14H2,1-2H3. The van der Waals surface area contributed by atoms with E-state index in [0.717, 1.165) is 24.5 Å². The Morgan fingerprint density at radius 3 is 2.00 bits per heavy atom. The summed E-state index contributed by atoms with van der Waals surface area (Å²) in [6.45, 7) is 3.37. The summed E-state index contributed by atoms with van der Waals surface area (Å²) in [7, 11) is 1.40. The molecule has 5 heteroatoms. The molecule has 0 aliphatic heterocycles. The maximum atomic E-state index is 11.9. The summed E-state index contributed by atoms with van der Waals surface area (Å²) >= 11 is 1.19. The molecule has 2 aromatic carbocycles. The number of ether oxygens (including phenoxy) is 1. The van der Waals surface area contributed by atoms with E-state index in [9.17, 15) is 4.79 Å². The second-order valence-electron chi connectivity index (χ2n) is 5.78. The van der Waals surface area contributed by atoms with Crippen LogP contribution in [0, 0.1) is 6.92 Å². The first kappa shape index (κ1) is 17.2. The Kier molecular flexibility index (Phi) is 5.46. The summed E-state index contributed by atoms with van der Waals surface area (Å²) in [5.74, 6) is 0.499. The van der Waals surface area contributed by atoms with Crippen molar-refractivity contribution in [2.75, 3.05) is 12.0 Å². The Labute approximate surface area is 151 Å². The molecule has 1 heterocycles. The Morgan fingerprint density at radius 1 is 1.00 bits per heavy atom. The minimum absolute atomic E-state index is 0.333. The molecule has 0 unspecified atom stereocenters. The zero-order valence-corrected chi connectivity index (χ0v) is 15.1. The average Bonchev–Trinajstić information content (AvgIpc) is 3.04. The maximum absolute atomic E-state index is 11.9. The minimum Gasteiger partial charge on any atom is -0.465 e. The first-order valence-electron chi connectivity index (χ1n) is 8.06. The summed E-state index contributed by atoms with van der Waals surface area (Å²) in [5, 5.41) is 0. The number of esters is 1. The molecule has 0 N–H and O–H groups in total. The van der Waals surface area contributed by atoms with Crippen molar-refractivity contribution in [1.82, 2.24) is 4.37 Å². The monoisotopic (exact) mass is 352 g/mol. The molecule has 0 saturated heterocycles. The number of carbonyl (C=O) groups is 1. The molecule has 0 fully saturated rings. The van der Waals surface area contributed by atoms with E-state index in [1.165, 1.54) is 29.8 Å². The van der Waals surface area contributed by atoms with Crippen LogP contribution in [0.5, 0.6) is 0 Å². The zero-order chi connectivity index (χ0) is 17.6. The summed E-state index contributed by atoms with van der Waals surface area (Å²) < 4.78 is 9.40. The summed E-state index contributed by atoms with van der Waals surface area (Å²) in [6, 6.07) is 20.5. The Bertz CT molecular complexity index is 790. The topological polar surface area (TPSA) is 42.4 Å². The third-order valence-corrected chi connectivity index (χ3v) is 4.92. The highest BCUT2D eigenvalue weighted by Gasteiger charge is 2.21. The number of hydrogen-bond donors (Lipinski definition) is 0. The number of aromatic nitrogens is 1. The normalized spacial score (nSPS) is 10.5. The van der Waals surface area contributed by atoms with E-state index in [1.54, 1.807) is 0 Å². The Balaban J connectivity index is 1.93. The summed E-state index contributed by atoms with van der Waals surface area (Å²) in [6.07, 6.45) is 0. The van der Waals surface area contributed by atoms with Gasteiger partial charge in [0.25, 0.3) is 0 Å². The van der Waals surface area contributed by atoms with Crippen molar-refractivity contribution >= 4 is 23.3 Å². The number of hydrogen-bond acceptors (Lipinski definition) is 5. The lowest BCUT2D eigenvalue weighted by atomic mass is 10.1. The predicted molar refractivity (Wildman–Crippen MR) is 101 cm³/mol. The Morgan fingerprint density at radius 2 is 1.52 bits per heavy atom. The lowest BCUT2D eigenvalue weighted by Crippen LogP contribution is -2.23. The van der Waals surface area contributed by atoms with E-state index in [0.29, 0.717) is 4.88 Å². The molecule has 0 spiro atoms. The second-order valence-corrected chi connectivity index (χ2v) is 6.55. The molecule has 0 bridgehead atoms. The van der Waals surface area contributed by atoms with Gasteiger partial charge in [-0.05, 0) is 29.6 Å². The lowest BCUT2D eigenvalue weighted by Gasteiger charge is -2.24. The number of rotatable bonds is 6. The third-order valence-electron chi connectivity index (χ3n) is 4.00. The van der Waals surface area contributed by atoms with Gasteiger partial charge in [0.2, 0.25) is 0 Å². The zero-order valence-electron chi connectivity index (χ0n) is 14.3. The van der Waals surface area contributed by atoms with E-state index in [4.69, 9.17) is 4.74 Å². The maximum Gasteiger partial charge on any atom is 0.350 e. The molecule has 25 heavy (non-hydrogen) atoms. The molecule has 3 rings (SSSR count). The van der Waals surface area contributed by atoms with Crippen LogP contribution in [0.4, 0.5) is 5.82 Å². The van der Waals surface area contributed by atoms with Crippen LogP contribution in [0.3, 0.4) is 0 Å². The molecule has 3 aromatic rings. The largest absolute Gasteiger partial charge is 0.465 e. The van der Waals surface area contributed by atoms with Gasteiger partial charge in [-0.1, -0.05) is 60.7 Å². The van der Waals surface area contributed by atoms with Crippen molar-refractivity contribution in [1.29, 1.82) is 0 Å². The molecule has 0 saturated carbocycles. The highest BCUT2D eigenvalue weighted by Crippen LogP contribution is 2.29. The third kappa shape index (κ3) is 4.06. The van der Waals surface area contributed by atoms with Gasteiger partial charge in [-0.15, -0.1) is 0 Å². The molecule has 0 atom stereocenters. The van der Waals surface area contributed by atoms with Crippen LogP contribution >= 0.6 is 11.5 Å². The van der Waals surface area contributed by atoms with Crippen LogP contribution in [-0.2, 0) is 17.8 Å². The van der Waals surface area contributed by atoms with Crippen molar-refractivity contribution in [3.8, 4) is 0 Å². The smallest absolute Gasteiger partial charge is 0.350 e. The fraction of sp³-hybridized carbons (Fsp3) is 0.200. The van der Waals surface area contributed by atoms with Crippen molar-refractivity contribution in [2.45, 2.75) is 20.0 Å².